The zero-order valence-corrected chi connectivity index (χ0v) is 40.7. The summed E-state index contributed by atoms with van der Waals surface area (Å²) in [5, 5.41) is 0. The third-order valence-electron chi connectivity index (χ3n) is 15.5. The standard InChI is InChI=1S/C67H62N2/c1-65(2,3)63-31-18-19-46-67(63,51-34-40-56(41-35-51)68(53-25-14-8-15-26-53)54-27-16-9-17-28-54)52-36-42-57(43-37-52)69(55-38-32-49(33-39-55)48-21-10-6-11-22-48)58-44-45-60-62(47-58)66(4,5)61-30-20-29-59(64(60)61)50-23-12-7-13-24-50/h6-17,20-30,32-45,47,63H,18-19,31,46H2,1-5H3. The van der Waals surface area contributed by atoms with Gasteiger partial charge in [-0.25, -0.2) is 0 Å². The largest absolute Gasteiger partial charge is 0.311 e. The lowest BCUT2D eigenvalue weighted by molar-refractivity contribution is 0.100. The van der Waals surface area contributed by atoms with Crippen LogP contribution in [0.4, 0.5) is 34.1 Å². The highest BCUT2D eigenvalue weighted by molar-refractivity contribution is 5.94. The second-order valence-electron chi connectivity index (χ2n) is 20.9. The first kappa shape index (κ1) is 44.1. The van der Waals surface area contributed by atoms with E-state index in [0.29, 0.717) is 5.92 Å². The lowest BCUT2D eigenvalue weighted by atomic mass is 9.52. The normalized spacial score (nSPS) is 17.1. The van der Waals surface area contributed by atoms with Gasteiger partial charge in [-0.15, -0.1) is 0 Å². The second kappa shape index (κ2) is 17.9. The fourth-order valence-corrected chi connectivity index (χ4v) is 12.3. The SMILES string of the molecule is CC1(C)c2cc(N(c3ccc(-c4ccccc4)cc3)c3ccc(C4(c5ccc(N(c6ccccc6)c6ccccc6)cc5)CCCCC4C(C)(C)C)cc3)ccc2-c2c(-c3ccccc3)cccc21. The van der Waals surface area contributed by atoms with E-state index >= 15 is 0 Å². The molecule has 2 unspecified atom stereocenters. The lowest BCUT2D eigenvalue weighted by Crippen LogP contribution is -2.45. The molecule has 9 aromatic rings. The van der Waals surface area contributed by atoms with Crippen LogP contribution >= 0.6 is 0 Å². The third-order valence-corrected chi connectivity index (χ3v) is 15.5. The van der Waals surface area contributed by atoms with Gasteiger partial charge in [0, 0.05) is 45.0 Å². The zero-order chi connectivity index (χ0) is 47.2. The Morgan fingerprint density at radius 3 is 1.38 bits per heavy atom. The quantitative estimate of drug-likeness (QED) is 0.135. The maximum Gasteiger partial charge on any atom is 0.0465 e. The summed E-state index contributed by atoms with van der Waals surface area (Å²) in [5.41, 5.74) is 19.9. The molecular formula is C67H62N2. The molecule has 0 radical (unpaired) electrons. The van der Waals surface area contributed by atoms with Crippen LogP contribution in [0.25, 0.3) is 33.4 Å². The fourth-order valence-electron chi connectivity index (χ4n) is 12.3. The Bertz CT molecular complexity index is 3150. The number of nitrogens with zero attached hydrogens (tertiary/aromatic N) is 2. The molecule has 0 aromatic heterocycles. The molecule has 1 saturated carbocycles. The number of fused-ring (bicyclic) bond motifs is 3. The van der Waals surface area contributed by atoms with Crippen molar-refractivity contribution in [3.63, 3.8) is 0 Å². The Balaban J connectivity index is 1.02. The summed E-state index contributed by atoms with van der Waals surface area (Å²) in [6, 6.07) is 85.6. The number of benzene rings is 9. The van der Waals surface area contributed by atoms with Gasteiger partial charge in [0.15, 0.2) is 0 Å². The van der Waals surface area contributed by atoms with Gasteiger partial charge in [-0.1, -0.05) is 205 Å². The Kier molecular flexibility index (Phi) is 11.4. The van der Waals surface area contributed by atoms with Gasteiger partial charge < -0.3 is 9.80 Å². The molecule has 11 rings (SSSR count). The highest BCUT2D eigenvalue weighted by atomic mass is 15.1. The minimum absolute atomic E-state index is 0.0968. The first-order chi connectivity index (χ1) is 33.6. The van der Waals surface area contributed by atoms with Gasteiger partial charge in [0.1, 0.15) is 0 Å². The third kappa shape index (κ3) is 7.96. The van der Waals surface area contributed by atoms with Gasteiger partial charge in [-0.3, -0.25) is 0 Å². The molecule has 0 amide bonds. The van der Waals surface area contributed by atoms with Crippen molar-refractivity contribution in [2.45, 2.75) is 71.1 Å². The predicted octanol–water partition coefficient (Wildman–Crippen LogP) is 18.8. The molecule has 9 aromatic carbocycles. The van der Waals surface area contributed by atoms with Crippen molar-refractivity contribution >= 4 is 34.1 Å². The summed E-state index contributed by atoms with van der Waals surface area (Å²) in [7, 11) is 0. The molecular weight excluding hydrogens is 833 g/mol. The van der Waals surface area contributed by atoms with Crippen molar-refractivity contribution in [2.24, 2.45) is 11.3 Å². The molecule has 2 atom stereocenters. The van der Waals surface area contributed by atoms with E-state index in [9.17, 15) is 0 Å². The Morgan fingerprint density at radius 2 is 0.841 bits per heavy atom. The first-order valence-electron chi connectivity index (χ1n) is 25.0. The minimum atomic E-state index is -0.178. The van der Waals surface area contributed by atoms with Crippen LogP contribution in [0, 0.1) is 11.3 Å². The highest BCUT2D eigenvalue weighted by Crippen LogP contribution is 2.57. The van der Waals surface area contributed by atoms with Crippen LogP contribution in [-0.2, 0) is 10.8 Å². The van der Waals surface area contributed by atoms with Crippen LogP contribution < -0.4 is 9.80 Å². The van der Waals surface area contributed by atoms with Crippen LogP contribution in [0.1, 0.15) is 82.6 Å². The van der Waals surface area contributed by atoms with Crippen molar-refractivity contribution in [1.29, 1.82) is 0 Å². The van der Waals surface area contributed by atoms with Gasteiger partial charge in [-0.05, 0) is 153 Å². The van der Waals surface area contributed by atoms with Crippen LogP contribution in [0.5, 0.6) is 0 Å². The van der Waals surface area contributed by atoms with Gasteiger partial charge in [0.25, 0.3) is 0 Å². The maximum atomic E-state index is 2.47. The van der Waals surface area contributed by atoms with Crippen molar-refractivity contribution in [3.05, 3.63) is 253 Å². The maximum absolute atomic E-state index is 2.47. The predicted molar refractivity (Wildman–Crippen MR) is 293 cm³/mol. The van der Waals surface area contributed by atoms with E-state index in [2.05, 4.69) is 275 Å². The molecule has 2 aliphatic rings. The van der Waals surface area contributed by atoms with E-state index < -0.39 is 0 Å². The van der Waals surface area contributed by atoms with Crippen molar-refractivity contribution < 1.29 is 0 Å². The molecule has 0 bridgehead atoms. The average Bonchev–Trinajstić information content (AvgIpc) is 3.63. The molecule has 0 heterocycles. The molecule has 0 spiro atoms. The van der Waals surface area contributed by atoms with Crippen molar-refractivity contribution in [2.75, 3.05) is 9.80 Å². The molecule has 2 heteroatoms. The van der Waals surface area contributed by atoms with Gasteiger partial charge >= 0.3 is 0 Å². The van der Waals surface area contributed by atoms with Crippen molar-refractivity contribution in [1.82, 2.24) is 0 Å². The summed E-state index contributed by atoms with van der Waals surface area (Å²) in [6.45, 7) is 12.2. The van der Waals surface area contributed by atoms with Crippen LogP contribution in [0.15, 0.2) is 231 Å². The Hall–Kier alpha value is -7.42. The topological polar surface area (TPSA) is 6.48 Å². The van der Waals surface area contributed by atoms with Crippen LogP contribution in [0.2, 0.25) is 0 Å². The summed E-state index contributed by atoms with van der Waals surface area (Å²) < 4.78 is 0. The number of hydrogen-bond acceptors (Lipinski definition) is 2. The van der Waals surface area contributed by atoms with Crippen molar-refractivity contribution in [3.8, 4) is 33.4 Å². The average molecular weight is 895 g/mol. The second-order valence-corrected chi connectivity index (χ2v) is 20.9. The number of hydrogen-bond donors (Lipinski definition) is 0. The summed E-state index contributed by atoms with van der Waals surface area (Å²) in [6.07, 6.45) is 4.78. The molecule has 2 aliphatic carbocycles. The van der Waals surface area contributed by atoms with E-state index in [1.54, 1.807) is 0 Å². The van der Waals surface area contributed by atoms with E-state index in [1.807, 2.05) is 0 Å². The minimum Gasteiger partial charge on any atom is -0.311 e. The van der Waals surface area contributed by atoms with Gasteiger partial charge in [0.2, 0.25) is 0 Å². The number of anilines is 6. The van der Waals surface area contributed by atoms with Gasteiger partial charge in [0.05, 0.1) is 0 Å². The lowest BCUT2D eigenvalue weighted by Gasteiger charge is -2.51. The Morgan fingerprint density at radius 1 is 0.391 bits per heavy atom. The molecule has 0 N–H and O–H groups in total. The number of rotatable bonds is 10. The highest BCUT2D eigenvalue weighted by Gasteiger charge is 2.48. The molecule has 69 heavy (non-hydrogen) atoms. The van der Waals surface area contributed by atoms with E-state index in [-0.39, 0.29) is 16.2 Å². The smallest absolute Gasteiger partial charge is 0.0465 e. The summed E-state index contributed by atoms with van der Waals surface area (Å²) in [5.74, 6) is 0.456. The first-order valence-corrected chi connectivity index (χ1v) is 25.0. The van der Waals surface area contributed by atoms with Crippen LogP contribution in [-0.4, -0.2) is 0 Å². The van der Waals surface area contributed by atoms with Crippen LogP contribution in [0.3, 0.4) is 0 Å². The molecule has 1 fully saturated rings. The van der Waals surface area contributed by atoms with E-state index in [0.717, 1.165) is 40.5 Å². The zero-order valence-electron chi connectivity index (χ0n) is 40.7. The number of para-hydroxylation sites is 2. The monoisotopic (exact) mass is 894 g/mol. The van der Waals surface area contributed by atoms with Gasteiger partial charge in [-0.2, -0.15) is 0 Å². The molecule has 2 nitrogen and oxygen atoms in total. The Labute approximate surface area is 410 Å². The molecule has 0 aliphatic heterocycles. The fraction of sp³-hybridized carbons (Fsp3) is 0.194. The molecule has 0 saturated heterocycles. The summed E-state index contributed by atoms with van der Waals surface area (Å²) >= 11 is 0. The van der Waals surface area contributed by atoms with E-state index in [1.165, 1.54) is 74.9 Å². The van der Waals surface area contributed by atoms with E-state index in [4.69, 9.17) is 0 Å². The molecule has 340 valence electrons. The summed E-state index contributed by atoms with van der Waals surface area (Å²) in [4.78, 5) is 4.84.